The van der Waals surface area contributed by atoms with Gasteiger partial charge in [-0.1, -0.05) is 19.3 Å². The molecular formula is C16H22N2O4. The minimum absolute atomic E-state index is 0.170. The first-order valence-electron chi connectivity index (χ1n) is 8.02. The summed E-state index contributed by atoms with van der Waals surface area (Å²) >= 11 is 0. The normalized spacial score (nSPS) is 22.1. The van der Waals surface area contributed by atoms with Gasteiger partial charge in [0.05, 0.1) is 18.7 Å². The highest BCUT2D eigenvalue weighted by Crippen LogP contribution is 2.35. The number of hydrogen-bond donors (Lipinski definition) is 1. The molecule has 6 nitrogen and oxygen atoms in total. The molecule has 0 saturated heterocycles. The fourth-order valence-electron chi connectivity index (χ4n) is 3.79. The van der Waals surface area contributed by atoms with Gasteiger partial charge in [0.1, 0.15) is 5.82 Å². The first-order chi connectivity index (χ1) is 10.6. The second kappa shape index (κ2) is 6.10. The molecule has 1 N–H and O–H groups in total. The Morgan fingerprint density at radius 2 is 1.95 bits per heavy atom. The van der Waals surface area contributed by atoms with E-state index in [0.29, 0.717) is 25.3 Å². The Hall–Kier alpha value is -1.85. The summed E-state index contributed by atoms with van der Waals surface area (Å²) in [4.78, 5) is 27.8. The van der Waals surface area contributed by atoms with Crippen molar-refractivity contribution in [2.75, 3.05) is 7.11 Å². The molecule has 1 atom stereocenters. The lowest BCUT2D eigenvalue weighted by molar-refractivity contribution is -0.146. The summed E-state index contributed by atoms with van der Waals surface area (Å²) in [6, 6.07) is 0. The van der Waals surface area contributed by atoms with E-state index in [0.717, 1.165) is 37.2 Å². The summed E-state index contributed by atoms with van der Waals surface area (Å²) in [6.07, 6.45) is 6.87. The largest absolute Gasteiger partial charge is 0.476 e. The van der Waals surface area contributed by atoms with Gasteiger partial charge in [-0.15, -0.1) is 0 Å². The minimum atomic E-state index is -0.970. The molecule has 1 aromatic heterocycles. The van der Waals surface area contributed by atoms with Crippen molar-refractivity contribution in [2.24, 2.45) is 5.92 Å². The van der Waals surface area contributed by atoms with Crippen molar-refractivity contribution in [3.8, 4) is 0 Å². The Kier molecular flexibility index (Phi) is 4.18. The molecule has 0 bridgehead atoms. The van der Waals surface area contributed by atoms with Crippen LogP contribution in [0.5, 0.6) is 0 Å². The fraction of sp³-hybridized carbons (Fsp3) is 0.688. The highest BCUT2D eigenvalue weighted by molar-refractivity contribution is 5.87. The molecule has 1 aliphatic carbocycles. The van der Waals surface area contributed by atoms with Crippen molar-refractivity contribution in [3.63, 3.8) is 0 Å². The summed E-state index contributed by atoms with van der Waals surface area (Å²) < 4.78 is 6.85. The van der Waals surface area contributed by atoms with Crippen LogP contribution in [0.1, 0.15) is 66.4 Å². The average molecular weight is 306 g/mol. The van der Waals surface area contributed by atoms with Gasteiger partial charge in [0, 0.05) is 12.5 Å². The number of rotatable bonds is 3. The summed E-state index contributed by atoms with van der Waals surface area (Å²) in [6.45, 7) is 0.494. The lowest BCUT2D eigenvalue weighted by Crippen LogP contribution is -2.29. The zero-order valence-corrected chi connectivity index (χ0v) is 12.9. The zero-order chi connectivity index (χ0) is 15.7. The molecule has 1 unspecified atom stereocenters. The van der Waals surface area contributed by atoms with Gasteiger partial charge in [-0.3, -0.25) is 4.79 Å². The molecule has 0 amide bonds. The molecule has 120 valence electrons. The standard InChI is InChI=1S/C16H22N2O4/c1-22-16(21)11-7-8-12-13(15(19)20)17-14(18(12)9-11)10-5-3-2-4-6-10/h10-11H,2-9H2,1H3,(H,19,20). The van der Waals surface area contributed by atoms with Crippen molar-refractivity contribution in [1.29, 1.82) is 0 Å². The number of carbonyl (C=O) groups excluding carboxylic acids is 1. The van der Waals surface area contributed by atoms with Gasteiger partial charge in [0.25, 0.3) is 0 Å². The lowest BCUT2D eigenvalue weighted by Gasteiger charge is -2.27. The number of esters is 1. The number of carboxylic acid groups (broad SMARTS) is 1. The van der Waals surface area contributed by atoms with Crippen LogP contribution < -0.4 is 0 Å². The van der Waals surface area contributed by atoms with Gasteiger partial charge >= 0.3 is 11.9 Å². The summed E-state index contributed by atoms with van der Waals surface area (Å²) in [7, 11) is 1.40. The Balaban J connectivity index is 1.96. The second-order valence-corrected chi connectivity index (χ2v) is 6.27. The smallest absolute Gasteiger partial charge is 0.356 e. The number of methoxy groups -OCH3 is 1. The van der Waals surface area contributed by atoms with Crippen LogP contribution in [-0.2, 0) is 22.5 Å². The van der Waals surface area contributed by atoms with E-state index in [1.807, 2.05) is 4.57 Å². The van der Waals surface area contributed by atoms with E-state index in [9.17, 15) is 14.7 Å². The number of aromatic nitrogens is 2. The first-order valence-corrected chi connectivity index (χ1v) is 8.02. The number of carbonyl (C=O) groups is 2. The highest BCUT2D eigenvalue weighted by Gasteiger charge is 2.34. The van der Waals surface area contributed by atoms with E-state index < -0.39 is 5.97 Å². The van der Waals surface area contributed by atoms with E-state index in [-0.39, 0.29) is 17.6 Å². The highest BCUT2D eigenvalue weighted by atomic mass is 16.5. The second-order valence-electron chi connectivity index (χ2n) is 6.27. The molecule has 1 aliphatic heterocycles. The van der Waals surface area contributed by atoms with Crippen LogP contribution in [0.15, 0.2) is 0 Å². The van der Waals surface area contributed by atoms with E-state index in [1.165, 1.54) is 13.5 Å². The van der Waals surface area contributed by atoms with Gasteiger partial charge in [-0.05, 0) is 25.7 Å². The Morgan fingerprint density at radius 3 is 2.59 bits per heavy atom. The van der Waals surface area contributed by atoms with Crippen LogP contribution >= 0.6 is 0 Å². The van der Waals surface area contributed by atoms with Gasteiger partial charge in [0.2, 0.25) is 0 Å². The number of hydrogen-bond acceptors (Lipinski definition) is 4. The van der Waals surface area contributed by atoms with Gasteiger partial charge in [-0.25, -0.2) is 9.78 Å². The molecule has 6 heteroatoms. The third kappa shape index (κ3) is 2.62. The van der Waals surface area contributed by atoms with Crippen LogP contribution in [0.3, 0.4) is 0 Å². The Labute approximate surface area is 129 Å². The van der Waals surface area contributed by atoms with Crippen molar-refractivity contribution < 1.29 is 19.4 Å². The Morgan fingerprint density at radius 1 is 1.23 bits per heavy atom. The number of nitrogens with zero attached hydrogens (tertiary/aromatic N) is 2. The van der Waals surface area contributed by atoms with Crippen molar-refractivity contribution in [2.45, 2.75) is 57.4 Å². The van der Waals surface area contributed by atoms with Crippen LogP contribution in [-0.4, -0.2) is 33.7 Å². The quantitative estimate of drug-likeness (QED) is 0.867. The van der Waals surface area contributed by atoms with Crippen LogP contribution in [0, 0.1) is 5.92 Å². The SMILES string of the molecule is COC(=O)C1CCc2c(C(=O)O)nc(C3CCCCC3)n2C1. The van der Waals surface area contributed by atoms with E-state index in [1.54, 1.807) is 0 Å². The third-order valence-corrected chi connectivity index (χ3v) is 4.94. The first kappa shape index (κ1) is 15.1. The van der Waals surface area contributed by atoms with Gasteiger partial charge < -0.3 is 14.4 Å². The predicted molar refractivity (Wildman–Crippen MR) is 78.8 cm³/mol. The van der Waals surface area contributed by atoms with Crippen LogP contribution in [0.25, 0.3) is 0 Å². The van der Waals surface area contributed by atoms with Crippen molar-refractivity contribution in [1.82, 2.24) is 9.55 Å². The molecule has 1 saturated carbocycles. The topological polar surface area (TPSA) is 81.4 Å². The monoisotopic (exact) mass is 306 g/mol. The maximum Gasteiger partial charge on any atom is 0.356 e. The maximum absolute atomic E-state index is 11.8. The molecule has 0 aromatic carbocycles. The van der Waals surface area contributed by atoms with Crippen LogP contribution in [0.2, 0.25) is 0 Å². The number of imidazole rings is 1. The van der Waals surface area contributed by atoms with E-state index in [4.69, 9.17) is 4.74 Å². The molecule has 2 heterocycles. The fourth-order valence-corrected chi connectivity index (χ4v) is 3.79. The maximum atomic E-state index is 11.8. The molecule has 1 aromatic rings. The van der Waals surface area contributed by atoms with Gasteiger partial charge in [-0.2, -0.15) is 0 Å². The van der Waals surface area contributed by atoms with Crippen molar-refractivity contribution in [3.05, 3.63) is 17.2 Å². The number of fused-ring (bicyclic) bond motifs is 1. The lowest BCUT2D eigenvalue weighted by atomic mass is 9.88. The molecule has 0 spiro atoms. The molecule has 0 radical (unpaired) electrons. The third-order valence-electron chi connectivity index (χ3n) is 4.94. The summed E-state index contributed by atoms with van der Waals surface area (Å²) in [5.41, 5.74) is 0.942. The molecule has 3 rings (SSSR count). The zero-order valence-electron chi connectivity index (χ0n) is 12.9. The molecule has 2 aliphatic rings. The number of carboxylic acids is 1. The predicted octanol–water partition coefficient (Wildman–Crippen LogP) is 2.36. The molecular weight excluding hydrogens is 284 g/mol. The summed E-state index contributed by atoms with van der Waals surface area (Å²) in [5, 5.41) is 9.41. The minimum Gasteiger partial charge on any atom is -0.476 e. The number of aromatic carboxylic acids is 1. The molecule has 22 heavy (non-hydrogen) atoms. The van der Waals surface area contributed by atoms with Crippen molar-refractivity contribution >= 4 is 11.9 Å². The number of ether oxygens (including phenoxy) is 1. The van der Waals surface area contributed by atoms with E-state index >= 15 is 0 Å². The Bertz CT molecular complexity index is 587. The van der Waals surface area contributed by atoms with Crippen LogP contribution in [0.4, 0.5) is 0 Å². The average Bonchev–Trinajstić information content (AvgIpc) is 2.94. The summed E-state index contributed by atoms with van der Waals surface area (Å²) in [5.74, 6) is -0.207. The van der Waals surface area contributed by atoms with E-state index in [2.05, 4.69) is 4.98 Å². The molecule has 1 fully saturated rings. The van der Waals surface area contributed by atoms with Gasteiger partial charge in [0.15, 0.2) is 5.69 Å².